The van der Waals surface area contributed by atoms with Crippen molar-refractivity contribution in [3.8, 4) is 22.8 Å². The maximum Gasteiger partial charge on any atom is 0.205 e. The molecule has 0 aliphatic heterocycles. The average molecular weight is 613 g/mol. The molecule has 7 N–H and O–H groups in total. The average Bonchev–Trinajstić information content (AvgIpc) is 3.00. The first-order valence-corrected chi connectivity index (χ1v) is 14.0. The standard InChI is InChI=1S/C30H42N4O9.B/c31-8-10-37-12-14-39-16-18-41-19-17-40-15-13-38-11-9-34(33)21-24(32)22-42-30-26(35)7-6-25-27(36)20-28(43-29(25)30)23-4-2-1-3-5-23;/h1-7,20-21,35H,8-19,22,31-33H2;/b24-21-;. The van der Waals surface area contributed by atoms with Crippen LogP contribution in [-0.4, -0.2) is 104 Å². The van der Waals surface area contributed by atoms with Gasteiger partial charge in [0.25, 0.3) is 0 Å². The van der Waals surface area contributed by atoms with Crippen LogP contribution in [0.2, 0.25) is 0 Å². The molecular formula is C30H42BN4O9. The number of hydrogen-bond donors (Lipinski definition) is 4. The largest absolute Gasteiger partial charge is 0.504 e. The third-order valence-electron chi connectivity index (χ3n) is 5.85. The fraction of sp³-hybridized carbons (Fsp3) is 0.433. The van der Waals surface area contributed by atoms with Crippen molar-refractivity contribution in [1.29, 1.82) is 0 Å². The van der Waals surface area contributed by atoms with E-state index in [1.807, 2.05) is 30.3 Å². The van der Waals surface area contributed by atoms with Crippen LogP contribution >= 0.6 is 0 Å². The molecule has 0 aliphatic carbocycles. The highest BCUT2D eigenvalue weighted by Crippen LogP contribution is 2.35. The lowest BCUT2D eigenvalue weighted by molar-refractivity contribution is -0.0112. The van der Waals surface area contributed by atoms with E-state index in [0.717, 1.165) is 5.56 Å². The Bertz CT molecular complexity index is 1310. The number of hydrogen-bond acceptors (Lipinski definition) is 13. The molecule has 44 heavy (non-hydrogen) atoms. The van der Waals surface area contributed by atoms with Gasteiger partial charge in [-0.15, -0.1) is 0 Å². The molecule has 3 radical (unpaired) electrons. The van der Waals surface area contributed by atoms with Crippen LogP contribution in [0.1, 0.15) is 0 Å². The molecule has 13 nitrogen and oxygen atoms in total. The first-order chi connectivity index (χ1) is 21.0. The number of phenols is 1. The topological polar surface area (TPSA) is 187 Å². The maximum atomic E-state index is 12.7. The summed E-state index contributed by atoms with van der Waals surface area (Å²) in [6, 6.07) is 13.4. The second-order valence-corrected chi connectivity index (χ2v) is 9.21. The van der Waals surface area contributed by atoms with E-state index in [-0.39, 0.29) is 48.6 Å². The number of phenolic OH excluding ortho intramolecular Hbond substituents is 1. The summed E-state index contributed by atoms with van der Waals surface area (Å²) < 4.78 is 38.7. The third kappa shape index (κ3) is 12.9. The highest BCUT2D eigenvalue weighted by atomic mass is 16.6. The Morgan fingerprint density at radius 1 is 0.841 bits per heavy atom. The van der Waals surface area contributed by atoms with Gasteiger partial charge in [0.2, 0.25) is 5.75 Å². The van der Waals surface area contributed by atoms with Crippen LogP contribution in [0.5, 0.6) is 11.5 Å². The van der Waals surface area contributed by atoms with Crippen LogP contribution in [0, 0.1) is 0 Å². The summed E-state index contributed by atoms with van der Waals surface area (Å²) in [4.78, 5) is 12.7. The van der Waals surface area contributed by atoms with Crippen molar-refractivity contribution in [1.82, 2.24) is 5.01 Å². The Balaban J connectivity index is 0.00000675. The van der Waals surface area contributed by atoms with Crippen LogP contribution in [0.3, 0.4) is 0 Å². The van der Waals surface area contributed by atoms with Crippen molar-refractivity contribution >= 4 is 19.4 Å². The summed E-state index contributed by atoms with van der Waals surface area (Å²) >= 11 is 0. The lowest BCUT2D eigenvalue weighted by Gasteiger charge is -2.16. The number of nitrogens with zero attached hydrogens (tertiary/aromatic N) is 1. The molecule has 2 aromatic carbocycles. The minimum atomic E-state index is -0.262. The molecule has 1 heterocycles. The normalized spacial score (nSPS) is 11.5. The van der Waals surface area contributed by atoms with Gasteiger partial charge in [-0.1, -0.05) is 30.3 Å². The predicted octanol–water partition coefficient (Wildman–Crippen LogP) is 1.18. The Kier molecular flexibility index (Phi) is 17.6. The first kappa shape index (κ1) is 36.6. The number of fused-ring (bicyclic) bond motifs is 1. The van der Waals surface area contributed by atoms with Gasteiger partial charge in [-0.2, -0.15) is 0 Å². The molecule has 0 spiro atoms. The molecule has 3 aromatic rings. The number of ether oxygens (including phenoxy) is 6. The Morgan fingerprint density at radius 2 is 1.41 bits per heavy atom. The Hall–Kier alpha value is -3.63. The molecule has 1 aromatic heterocycles. The molecule has 0 saturated heterocycles. The molecule has 0 aliphatic rings. The summed E-state index contributed by atoms with van der Waals surface area (Å²) in [7, 11) is 0. The predicted molar refractivity (Wildman–Crippen MR) is 167 cm³/mol. The Labute approximate surface area is 258 Å². The molecule has 14 heteroatoms. The van der Waals surface area contributed by atoms with Crippen molar-refractivity contribution in [2.75, 3.05) is 85.8 Å². The molecule has 0 bridgehead atoms. The van der Waals surface area contributed by atoms with Crippen LogP contribution in [0.25, 0.3) is 22.3 Å². The van der Waals surface area contributed by atoms with Gasteiger partial charge >= 0.3 is 0 Å². The monoisotopic (exact) mass is 613 g/mol. The van der Waals surface area contributed by atoms with E-state index < -0.39 is 0 Å². The van der Waals surface area contributed by atoms with Gasteiger partial charge in [-0.3, -0.25) is 4.79 Å². The van der Waals surface area contributed by atoms with E-state index in [9.17, 15) is 9.90 Å². The second kappa shape index (κ2) is 21.1. The number of aromatic hydroxyl groups is 1. The van der Waals surface area contributed by atoms with Gasteiger partial charge < -0.3 is 54.4 Å². The smallest absolute Gasteiger partial charge is 0.205 e. The van der Waals surface area contributed by atoms with Gasteiger partial charge in [0.05, 0.1) is 83.7 Å². The molecule has 0 atom stereocenters. The van der Waals surface area contributed by atoms with Gasteiger partial charge in [0.15, 0.2) is 16.8 Å². The van der Waals surface area contributed by atoms with Crippen molar-refractivity contribution in [2.24, 2.45) is 17.3 Å². The van der Waals surface area contributed by atoms with E-state index >= 15 is 0 Å². The minimum Gasteiger partial charge on any atom is -0.504 e. The lowest BCUT2D eigenvalue weighted by Crippen LogP contribution is -2.31. The fourth-order valence-corrected chi connectivity index (χ4v) is 3.77. The first-order valence-electron chi connectivity index (χ1n) is 14.0. The summed E-state index contributed by atoms with van der Waals surface area (Å²) in [5.41, 5.74) is 12.3. The zero-order chi connectivity index (χ0) is 30.7. The van der Waals surface area contributed by atoms with Crippen LogP contribution in [0.15, 0.2) is 69.6 Å². The number of rotatable bonds is 22. The maximum absolute atomic E-state index is 12.7. The van der Waals surface area contributed by atoms with E-state index in [1.54, 1.807) is 0 Å². The molecule has 0 unspecified atom stereocenters. The van der Waals surface area contributed by atoms with Crippen molar-refractivity contribution in [3.63, 3.8) is 0 Å². The van der Waals surface area contributed by atoms with Gasteiger partial charge in [0.1, 0.15) is 12.4 Å². The molecule has 0 amide bonds. The van der Waals surface area contributed by atoms with Crippen molar-refractivity contribution < 1.29 is 37.9 Å². The van der Waals surface area contributed by atoms with Gasteiger partial charge in [0, 0.05) is 32.8 Å². The highest BCUT2D eigenvalue weighted by molar-refractivity contribution is 5.86. The SMILES string of the molecule is NCCOCCOCCOCCOCCOCCN(N)/C=C(\N)COc1c(O)ccc2c(=O)cc(-c3ccccc3)oc12.[B]. The van der Waals surface area contributed by atoms with Crippen LogP contribution < -0.4 is 27.5 Å². The number of benzene rings is 2. The zero-order valence-electron chi connectivity index (χ0n) is 24.9. The van der Waals surface area contributed by atoms with Crippen LogP contribution in [-0.2, 0) is 23.7 Å². The van der Waals surface area contributed by atoms with Gasteiger partial charge in [-0.05, 0) is 12.1 Å². The molecule has 0 saturated carbocycles. The summed E-state index contributed by atoms with van der Waals surface area (Å²) in [6.45, 7) is 5.42. The summed E-state index contributed by atoms with van der Waals surface area (Å²) in [5, 5.41) is 12.1. The van der Waals surface area contributed by atoms with Crippen molar-refractivity contribution in [3.05, 3.63) is 70.7 Å². The zero-order valence-corrected chi connectivity index (χ0v) is 24.9. The lowest BCUT2D eigenvalue weighted by atomic mass is 10.1. The van der Waals surface area contributed by atoms with Gasteiger partial charge in [-0.25, -0.2) is 5.84 Å². The van der Waals surface area contributed by atoms with E-state index in [0.29, 0.717) is 84.9 Å². The number of nitrogens with two attached hydrogens (primary N) is 3. The quantitative estimate of drug-likeness (QED) is 0.0548. The highest BCUT2D eigenvalue weighted by Gasteiger charge is 2.16. The fourth-order valence-electron chi connectivity index (χ4n) is 3.77. The summed E-state index contributed by atoms with van der Waals surface area (Å²) in [6.07, 6.45) is 1.50. The number of hydrazine groups is 1. The van der Waals surface area contributed by atoms with Crippen LogP contribution in [0.4, 0.5) is 0 Å². The second-order valence-electron chi connectivity index (χ2n) is 9.21. The van der Waals surface area contributed by atoms with Crippen molar-refractivity contribution in [2.45, 2.75) is 0 Å². The molecule has 0 fully saturated rings. The minimum absolute atomic E-state index is 0. The van der Waals surface area contributed by atoms with E-state index in [4.69, 9.17) is 50.1 Å². The molecule has 3 rings (SSSR count). The Morgan fingerprint density at radius 3 is 2.00 bits per heavy atom. The molecule has 239 valence electrons. The van der Waals surface area contributed by atoms with E-state index in [1.165, 1.54) is 29.4 Å². The summed E-state index contributed by atoms with van der Waals surface area (Å²) in [5.74, 6) is 6.17. The molecular weight excluding hydrogens is 571 g/mol. The van der Waals surface area contributed by atoms with E-state index in [2.05, 4.69) is 0 Å². The third-order valence-corrected chi connectivity index (χ3v) is 5.85.